The zero-order chi connectivity index (χ0) is 11.6. The molecule has 7 heteroatoms. The number of hydrogen-bond acceptors (Lipinski definition) is 3. The largest absolute Gasteiger partial charge is 0.293 e. The Morgan fingerprint density at radius 3 is 2.67 bits per heavy atom. The van der Waals surface area contributed by atoms with Crippen LogP contribution in [0.15, 0.2) is 16.6 Å². The molecule has 15 heavy (non-hydrogen) atoms. The number of nitrogens with zero attached hydrogens (tertiary/aromatic N) is 1. The van der Waals surface area contributed by atoms with Crippen molar-refractivity contribution < 1.29 is 9.72 Å². The van der Waals surface area contributed by atoms with E-state index >= 15 is 0 Å². The number of carbonyl (C=O) groups excluding carboxylic acids is 1. The number of nitro groups is 1. The van der Waals surface area contributed by atoms with Crippen LogP contribution in [0.1, 0.15) is 10.4 Å². The summed E-state index contributed by atoms with van der Waals surface area (Å²) in [7, 11) is 0. The summed E-state index contributed by atoms with van der Waals surface area (Å²) >= 11 is 10.4. The first-order chi connectivity index (χ1) is 6.97. The van der Waals surface area contributed by atoms with Crippen LogP contribution >= 0.6 is 50.1 Å². The van der Waals surface area contributed by atoms with Gasteiger partial charge in [0.05, 0.1) is 10.8 Å². The molecule has 0 N–H and O–H groups in total. The molecule has 80 valence electrons. The van der Waals surface area contributed by atoms with Crippen molar-refractivity contribution in [1.29, 1.82) is 0 Å². The van der Waals surface area contributed by atoms with Gasteiger partial charge in [-0.25, -0.2) is 0 Å². The van der Waals surface area contributed by atoms with E-state index in [1.807, 2.05) is 22.6 Å². The van der Waals surface area contributed by atoms with E-state index in [4.69, 9.17) is 11.6 Å². The molecule has 0 atom stereocenters. The molecule has 4 nitrogen and oxygen atoms in total. The summed E-state index contributed by atoms with van der Waals surface area (Å²) in [6.45, 7) is 0. The molecule has 0 unspecified atom stereocenters. The van der Waals surface area contributed by atoms with Crippen LogP contribution in [0.25, 0.3) is 0 Å². The van der Waals surface area contributed by atoms with Crippen molar-refractivity contribution >= 4 is 61.6 Å². The van der Waals surface area contributed by atoms with Crippen molar-refractivity contribution in [2.75, 3.05) is 5.88 Å². The molecule has 0 amide bonds. The van der Waals surface area contributed by atoms with Gasteiger partial charge in [-0.05, 0) is 44.6 Å². The highest BCUT2D eigenvalue weighted by Gasteiger charge is 2.18. The minimum Gasteiger partial charge on any atom is -0.293 e. The lowest BCUT2D eigenvalue weighted by atomic mass is 10.1. The predicted molar refractivity (Wildman–Crippen MR) is 68.6 cm³/mol. The van der Waals surface area contributed by atoms with Crippen LogP contribution in [-0.4, -0.2) is 16.6 Å². The number of ketones is 1. The first kappa shape index (κ1) is 12.9. The Morgan fingerprint density at radius 2 is 2.20 bits per heavy atom. The lowest BCUT2D eigenvalue weighted by Gasteiger charge is -2.02. The number of halogens is 3. The maximum Gasteiger partial charge on any atom is 0.285 e. The molecular formula is C8H4BrClINO3. The zero-order valence-corrected chi connectivity index (χ0v) is 11.7. The summed E-state index contributed by atoms with van der Waals surface area (Å²) in [5, 5.41) is 10.7. The number of hydrogen-bond donors (Lipinski definition) is 0. The van der Waals surface area contributed by atoms with Crippen LogP contribution in [0.5, 0.6) is 0 Å². The molecule has 0 aliphatic rings. The Balaban J connectivity index is 3.35. The summed E-state index contributed by atoms with van der Waals surface area (Å²) in [6.07, 6.45) is 0. The third-order valence-corrected chi connectivity index (χ3v) is 4.32. The Kier molecular flexibility index (Phi) is 4.47. The van der Waals surface area contributed by atoms with Crippen molar-refractivity contribution in [1.82, 2.24) is 0 Å². The van der Waals surface area contributed by atoms with Gasteiger partial charge in [-0.1, -0.05) is 0 Å². The second kappa shape index (κ2) is 5.22. The number of benzene rings is 1. The second-order valence-electron chi connectivity index (χ2n) is 2.61. The van der Waals surface area contributed by atoms with Crippen LogP contribution < -0.4 is 0 Å². The maximum absolute atomic E-state index is 11.3. The van der Waals surface area contributed by atoms with E-state index < -0.39 is 4.92 Å². The molecule has 0 aliphatic heterocycles. The second-order valence-corrected chi connectivity index (χ2v) is 4.83. The Morgan fingerprint density at radius 1 is 1.60 bits per heavy atom. The van der Waals surface area contributed by atoms with Gasteiger partial charge in [-0.2, -0.15) is 0 Å². The SMILES string of the molecule is O=C(CCl)c1cc(I)c(Br)c([N+](=O)[O-])c1. The fourth-order valence-electron chi connectivity index (χ4n) is 0.946. The zero-order valence-electron chi connectivity index (χ0n) is 7.17. The fourth-order valence-corrected chi connectivity index (χ4v) is 2.09. The van der Waals surface area contributed by atoms with E-state index in [1.54, 1.807) is 6.07 Å². The standard InChI is InChI=1S/C8H4BrClINO3/c9-8-5(11)1-4(7(13)3-10)2-6(8)12(14)15/h1-2H,3H2. The monoisotopic (exact) mass is 403 g/mol. The molecule has 0 bridgehead atoms. The van der Waals surface area contributed by atoms with E-state index in [0.29, 0.717) is 8.04 Å². The minimum atomic E-state index is -0.544. The minimum absolute atomic E-state index is 0.129. The Labute approximate surface area is 112 Å². The molecule has 1 aromatic rings. The van der Waals surface area contributed by atoms with Gasteiger partial charge in [0.25, 0.3) is 5.69 Å². The number of Topliss-reactive ketones (excluding diaryl/α,β-unsaturated/α-hetero) is 1. The first-order valence-electron chi connectivity index (χ1n) is 3.70. The van der Waals surface area contributed by atoms with Crippen LogP contribution in [0.4, 0.5) is 5.69 Å². The first-order valence-corrected chi connectivity index (χ1v) is 6.10. The van der Waals surface area contributed by atoms with Gasteiger partial charge in [0, 0.05) is 15.2 Å². The van der Waals surface area contributed by atoms with Gasteiger partial charge >= 0.3 is 0 Å². The van der Waals surface area contributed by atoms with E-state index in [1.165, 1.54) is 6.07 Å². The van der Waals surface area contributed by atoms with Gasteiger partial charge in [-0.3, -0.25) is 14.9 Å². The lowest BCUT2D eigenvalue weighted by molar-refractivity contribution is -0.385. The van der Waals surface area contributed by atoms with E-state index in [-0.39, 0.29) is 22.9 Å². The molecule has 0 saturated heterocycles. The highest BCUT2D eigenvalue weighted by atomic mass is 127. The number of nitro benzene ring substituents is 1. The van der Waals surface area contributed by atoms with E-state index in [0.717, 1.165) is 0 Å². The molecule has 1 rings (SSSR count). The molecule has 0 aromatic heterocycles. The van der Waals surface area contributed by atoms with Gasteiger partial charge in [0.2, 0.25) is 0 Å². The Bertz CT molecular complexity index is 438. The summed E-state index contributed by atoms with van der Waals surface area (Å²) in [6, 6.07) is 2.78. The van der Waals surface area contributed by atoms with Crippen molar-refractivity contribution in [2.45, 2.75) is 0 Å². The van der Waals surface area contributed by atoms with Crippen molar-refractivity contribution in [3.05, 3.63) is 35.9 Å². The number of alkyl halides is 1. The average Bonchev–Trinajstić information content (AvgIpc) is 2.20. The molecule has 0 fully saturated rings. The molecular weight excluding hydrogens is 400 g/mol. The smallest absolute Gasteiger partial charge is 0.285 e. The summed E-state index contributed by atoms with van der Waals surface area (Å²) < 4.78 is 0.981. The Hall–Kier alpha value is -0.210. The van der Waals surface area contributed by atoms with Gasteiger partial charge < -0.3 is 0 Å². The van der Waals surface area contributed by atoms with Crippen LogP contribution in [0.3, 0.4) is 0 Å². The van der Waals surface area contributed by atoms with Crippen LogP contribution in [0, 0.1) is 13.7 Å². The van der Waals surface area contributed by atoms with Crippen molar-refractivity contribution in [2.24, 2.45) is 0 Å². The highest BCUT2D eigenvalue weighted by Crippen LogP contribution is 2.31. The van der Waals surface area contributed by atoms with Crippen molar-refractivity contribution in [3.63, 3.8) is 0 Å². The van der Waals surface area contributed by atoms with Gasteiger partial charge in [0.15, 0.2) is 5.78 Å². The third kappa shape index (κ3) is 2.88. The molecule has 0 aliphatic carbocycles. The number of rotatable bonds is 3. The third-order valence-electron chi connectivity index (χ3n) is 1.65. The average molecular weight is 404 g/mol. The lowest BCUT2D eigenvalue weighted by Crippen LogP contribution is -2.03. The predicted octanol–water partition coefficient (Wildman–Crippen LogP) is 3.38. The van der Waals surface area contributed by atoms with Gasteiger partial charge in [-0.15, -0.1) is 11.6 Å². The quantitative estimate of drug-likeness (QED) is 0.255. The molecule has 0 saturated carbocycles. The normalized spacial score (nSPS) is 10.1. The van der Waals surface area contributed by atoms with Gasteiger partial charge in [0.1, 0.15) is 4.47 Å². The molecule has 1 aromatic carbocycles. The topological polar surface area (TPSA) is 60.2 Å². The van der Waals surface area contributed by atoms with Crippen molar-refractivity contribution in [3.8, 4) is 0 Å². The van der Waals surface area contributed by atoms with E-state index in [2.05, 4.69) is 15.9 Å². The van der Waals surface area contributed by atoms with Crippen LogP contribution in [0.2, 0.25) is 0 Å². The molecule has 0 heterocycles. The molecule has 0 spiro atoms. The molecule has 0 radical (unpaired) electrons. The maximum atomic E-state index is 11.3. The van der Waals surface area contributed by atoms with Crippen LogP contribution in [-0.2, 0) is 0 Å². The fraction of sp³-hybridized carbons (Fsp3) is 0.125. The van der Waals surface area contributed by atoms with E-state index in [9.17, 15) is 14.9 Å². The number of carbonyl (C=O) groups is 1. The highest BCUT2D eigenvalue weighted by molar-refractivity contribution is 14.1. The summed E-state index contributed by atoms with van der Waals surface area (Å²) in [5.74, 6) is -0.514. The summed E-state index contributed by atoms with van der Waals surface area (Å²) in [4.78, 5) is 21.4. The summed E-state index contributed by atoms with van der Waals surface area (Å²) in [5.41, 5.74) is 0.125.